The average Bonchev–Trinajstić information content (AvgIpc) is 2.35. The SMILES string of the molecule is O=C(O)/C(O)=C(/O)C(O)C(O)CO.[NH-]CC(=O)O.[Zn]. The molecule has 0 aliphatic carbocycles. The van der Waals surface area contributed by atoms with E-state index in [-0.39, 0.29) is 19.5 Å². The number of aliphatic hydroxyl groups excluding tert-OH is 5. The van der Waals surface area contributed by atoms with Crippen LogP contribution in [0.3, 0.4) is 0 Å². The molecule has 0 saturated carbocycles. The normalized spacial score (nSPS) is 13.9. The molecule has 11 heteroatoms. The molecule has 0 radical (unpaired) electrons. The van der Waals surface area contributed by atoms with E-state index in [9.17, 15) is 9.59 Å². The first-order valence-corrected chi connectivity index (χ1v) is 4.37. The molecule has 0 bridgehead atoms. The van der Waals surface area contributed by atoms with Crippen molar-refractivity contribution in [1.82, 2.24) is 0 Å². The first-order chi connectivity index (χ1) is 8.18. The van der Waals surface area contributed by atoms with Gasteiger partial charge in [-0.25, -0.2) is 4.79 Å². The van der Waals surface area contributed by atoms with Gasteiger partial charge in [0.15, 0.2) is 5.76 Å². The molecule has 2 unspecified atom stereocenters. The molecular weight excluding hydrogens is 319 g/mol. The molecule has 19 heavy (non-hydrogen) atoms. The Morgan fingerprint density at radius 1 is 1.05 bits per heavy atom. The zero-order valence-corrected chi connectivity index (χ0v) is 12.7. The second-order valence-electron chi connectivity index (χ2n) is 2.80. The van der Waals surface area contributed by atoms with Crippen molar-refractivity contribution in [2.24, 2.45) is 0 Å². The summed E-state index contributed by atoms with van der Waals surface area (Å²) < 4.78 is 0. The molecule has 8 N–H and O–H groups in total. The Bertz CT molecular complexity index is 319. The van der Waals surface area contributed by atoms with Gasteiger partial charge in [0.1, 0.15) is 12.2 Å². The van der Waals surface area contributed by atoms with E-state index in [4.69, 9.17) is 41.5 Å². The number of carboxylic acids is 2. The van der Waals surface area contributed by atoms with Crippen molar-refractivity contribution in [3.63, 3.8) is 0 Å². The summed E-state index contributed by atoms with van der Waals surface area (Å²) in [5.74, 6) is -5.69. The van der Waals surface area contributed by atoms with Crippen LogP contribution in [-0.2, 0) is 29.1 Å². The van der Waals surface area contributed by atoms with Crippen LogP contribution in [0.2, 0.25) is 0 Å². The van der Waals surface area contributed by atoms with Crippen molar-refractivity contribution < 1.29 is 64.8 Å². The predicted molar refractivity (Wildman–Crippen MR) is 55.8 cm³/mol. The van der Waals surface area contributed by atoms with Crippen molar-refractivity contribution in [3.8, 4) is 0 Å². The first kappa shape index (κ1) is 22.9. The summed E-state index contributed by atoms with van der Waals surface area (Å²) in [5, 5.41) is 58.9. The Kier molecular flexibility index (Phi) is 14.2. The number of aliphatic hydroxyl groups is 5. The summed E-state index contributed by atoms with van der Waals surface area (Å²) in [6.07, 6.45) is -3.78. The maximum Gasteiger partial charge on any atom is 0.374 e. The summed E-state index contributed by atoms with van der Waals surface area (Å²) in [7, 11) is 0. The molecule has 10 nitrogen and oxygen atoms in total. The number of hydrogen-bond donors (Lipinski definition) is 7. The number of hydrogen-bond acceptors (Lipinski definition) is 7. The summed E-state index contributed by atoms with van der Waals surface area (Å²) in [4.78, 5) is 19.2. The standard InChI is InChI=1S/C6H10O7.C2H4NO2.Zn/c7-1-2(8)3(9)4(10)5(11)6(12)13;3-1-2(4)5;/h2-3,7-11H,1H2,(H,12,13);3H,1H2,(H,4,5);/q;-1;/b5-4-;;. The minimum absolute atomic E-state index is 0. The van der Waals surface area contributed by atoms with Crippen molar-refractivity contribution in [3.05, 3.63) is 17.3 Å². The van der Waals surface area contributed by atoms with E-state index in [1.165, 1.54) is 0 Å². The van der Waals surface area contributed by atoms with Gasteiger partial charge in [-0.3, -0.25) is 4.79 Å². The fraction of sp³-hybridized carbons (Fsp3) is 0.500. The Hall–Kier alpha value is -1.26. The predicted octanol–water partition coefficient (Wildman–Crippen LogP) is -1.77. The Labute approximate surface area is 120 Å². The maximum atomic E-state index is 10.0. The fourth-order valence-corrected chi connectivity index (χ4v) is 0.532. The molecule has 2 atom stereocenters. The molecule has 0 aliphatic heterocycles. The fourth-order valence-electron chi connectivity index (χ4n) is 0.532. The van der Waals surface area contributed by atoms with Crippen LogP contribution in [0.15, 0.2) is 11.5 Å². The van der Waals surface area contributed by atoms with Gasteiger partial charge in [-0.2, -0.15) is 0 Å². The third kappa shape index (κ3) is 10.4. The van der Waals surface area contributed by atoms with E-state index >= 15 is 0 Å². The van der Waals surface area contributed by atoms with Gasteiger partial charge < -0.3 is 41.5 Å². The van der Waals surface area contributed by atoms with Crippen LogP contribution < -0.4 is 0 Å². The quantitative estimate of drug-likeness (QED) is 0.173. The van der Waals surface area contributed by atoms with E-state index in [0.29, 0.717) is 0 Å². The number of rotatable bonds is 5. The molecule has 0 spiro atoms. The summed E-state index contributed by atoms with van der Waals surface area (Å²) in [5.41, 5.74) is 6.06. The van der Waals surface area contributed by atoms with Crippen molar-refractivity contribution in [2.75, 3.05) is 13.2 Å². The molecule has 0 heterocycles. The topological polar surface area (TPSA) is 200 Å². The molecule has 108 valence electrons. The number of carboxylic acid groups (broad SMARTS) is 2. The summed E-state index contributed by atoms with van der Waals surface area (Å²) >= 11 is 0. The molecular formula is C8H14NO9Zn-. The van der Waals surface area contributed by atoms with Gasteiger partial charge in [0.05, 0.1) is 6.61 Å². The van der Waals surface area contributed by atoms with Crippen LogP contribution in [-0.4, -0.2) is 73.0 Å². The maximum absolute atomic E-state index is 10.0. The van der Waals surface area contributed by atoms with Crippen LogP contribution >= 0.6 is 0 Å². The van der Waals surface area contributed by atoms with E-state index < -0.39 is 48.8 Å². The Morgan fingerprint density at radius 3 is 1.63 bits per heavy atom. The van der Waals surface area contributed by atoms with Gasteiger partial charge in [-0.1, -0.05) is 6.54 Å². The molecule has 0 rings (SSSR count). The smallest absolute Gasteiger partial charge is 0.374 e. The average molecular weight is 334 g/mol. The zero-order chi connectivity index (χ0) is 14.9. The number of nitrogens with one attached hydrogen (secondary N) is 1. The molecule has 0 saturated heterocycles. The van der Waals surface area contributed by atoms with Gasteiger partial charge in [0.25, 0.3) is 5.97 Å². The van der Waals surface area contributed by atoms with Crippen LogP contribution in [0.5, 0.6) is 0 Å². The van der Waals surface area contributed by atoms with E-state index in [1.807, 2.05) is 0 Å². The van der Waals surface area contributed by atoms with Crippen LogP contribution in [0.1, 0.15) is 0 Å². The summed E-state index contributed by atoms with van der Waals surface area (Å²) in [6.45, 7) is -1.40. The Morgan fingerprint density at radius 2 is 1.42 bits per heavy atom. The van der Waals surface area contributed by atoms with Crippen molar-refractivity contribution in [1.29, 1.82) is 0 Å². The monoisotopic (exact) mass is 332 g/mol. The zero-order valence-electron chi connectivity index (χ0n) is 9.72. The first-order valence-electron chi connectivity index (χ1n) is 4.37. The van der Waals surface area contributed by atoms with Gasteiger partial charge in [-0.05, 0) is 0 Å². The minimum Gasteiger partial charge on any atom is -0.668 e. The van der Waals surface area contributed by atoms with Gasteiger partial charge in [0, 0.05) is 19.5 Å². The van der Waals surface area contributed by atoms with E-state index in [2.05, 4.69) is 0 Å². The Balaban J connectivity index is -0.000000366. The summed E-state index contributed by atoms with van der Waals surface area (Å²) in [6, 6.07) is 0. The number of carbonyl (C=O) groups is 2. The largest absolute Gasteiger partial charge is 0.668 e. The van der Waals surface area contributed by atoms with Gasteiger partial charge in [-0.15, -0.1) is 0 Å². The minimum atomic E-state index is -2.03. The van der Waals surface area contributed by atoms with Gasteiger partial charge >= 0.3 is 5.97 Å². The molecule has 0 aromatic carbocycles. The van der Waals surface area contributed by atoms with Crippen LogP contribution in [0.4, 0.5) is 0 Å². The molecule has 0 aromatic heterocycles. The van der Waals surface area contributed by atoms with Crippen molar-refractivity contribution in [2.45, 2.75) is 12.2 Å². The molecule has 0 fully saturated rings. The van der Waals surface area contributed by atoms with Crippen LogP contribution in [0.25, 0.3) is 5.73 Å². The van der Waals surface area contributed by atoms with E-state index in [1.54, 1.807) is 0 Å². The molecule has 0 aromatic rings. The second kappa shape index (κ2) is 11.8. The molecule has 0 amide bonds. The number of aliphatic carboxylic acids is 2. The van der Waals surface area contributed by atoms with Gasteiger partial charge in [0.2, 0.25) is 5.76 Å². The third-order valence-corrected chi connectivity index (χ3v) is 1.43. The van der Waals surface area contributed by atoms with Crippen LogP contribution in [0, 0.1) is 0 Å². The second-order valence-corrected chi connectivity index (χ2v) is 2.80. The third-order valence-electron chi connectivity index (χ3n) is 1.43. The molecule has 0 aliphatic rings. The van der Waals surface area contributed by atoms with Crippen molar-refractivity contribution >= 4 is 11.9 Å². The van der Waals surface area contributed by atoms with E-state index in [0.717, 1.165) is 0 Å².